The number of aromatic hydroxyl groups is 1. The monoisotopic (exact) mass is 412 g/mol. The van der Waals surface area contributed by atoms with E-state index in [1.54, 1.807) is 30.5 Å². The molecule has 0 spiro atoms. The number of halogens is 1. The van der Waals surface area contributed by atoms with Crippen molar-refractivity contribution in [3.8, 4) is 17.0 Å². The van der Waals surface area contributed by atoms with E-state index in [2.05, 4.69) is 26.2 Å². The van der Waals surface area contributed by atoms with Crippen molar-refractivity contribution in [1.82, 2.24) is 20.4 Å². The second kappa shape index (κ2) is 8.98. The van der Waals surface area contributed by atoms with Crippen LogP contribution < -0.4 is 10.7 Å². The van der Waals surface area contributed by atoms with Crippen LogP contribution in [0.3, 0.4) is 0 Å². The summed E-state index contributed by atoms with van der Waals surface area (Å²) in [5, 5.41) is 24.6. The number of nitrogens with one attached hydrogen (secondary N) is 2. The molecule has 0 atom stereocenters. The van der Waals surface area contributed by atoms with Crippen LogP contribution >= 0.6 is 11.6 Å². The lowest BCUT2D eigenvalue weighted by Crippen LogP contribution is -2.23. The van der Waals surface area contributed by atoms with E-state index in [9.17, 15) is 14.7 Å². The van der Waals surface area contributed by atoms with E-state index in [0.717, 1.165) is 5.56 Å². The van der Waals surface area contributed by atoms with E-state index in [1.165, 1.54) is 30.0 Å². The Morgan fingerprint density at radius 3 is 2.90 bits per heavy atom. The van der Waals surface area contributed by atoms with E-state index in [1.807, 2.05) is 6.07 Å². The lowest BCUT2D eigenvalue weighted by Gasteiger charge is -2.03. The largest absolute Gasteiger partial charge is 0.507 e. The van der Waals surface area contributed by atoms with Crippen LogP contribution in [0, 0.1) is 0 Å². The third-order valence-corrected chi connectivity index (χ3v) is 3.94. The van der Waals surface area contributed by atoms with Gasteiger partial charge in [0.25, 0.3) is 5.91 Å². The zero-order chi connectivity index (χ0) is 20.8. The van der Waals surface area contributed by atoms with Crippen molar-refractivity contribution >= 4 is 35.3 Å². The highest BCUT2D eigenvalue weighted by Crippen LogP contribution is 2.21. The van der Waals surface area contributed by atoms with Crippen molar-refractivity contribution < 1.29 is 14.7 Å². The van der Waals surface area contributed by atoms with Gasteiger partial charge in [-0.15, -0.1) is 5.10 Å². The second-order valence-electron chi connectivity index (χ2n) is 6.06. The number of hydrogen-bond acceptors (Lipinski definition) is 6. The highest BCUT2D eigenvalue weighted by Gasteiger charge is 2.08. The zero-order valence-electron chi connectivity index (χ0n) is 15.3. The number of nitrogens with zero attached hydrogens (tertiary/aromatic N) is 4. The minimum atomic E-state index is -0.425. The number of phenols is 1. The van der Waals surface area contributed by atoms with E-state index in [-0.39, 0.29) is 18.2 Å². The fourth-order valence-electron chi connectivity index (χ4n) is 2.45. The lowest BCUT2D eigenvalue weighted by molar-refractivity contribution is -0.121. The molecule has 2 aromatic carbocycles. The molecule has 2 amide bonds. The number of carbonyl (C=O) groups is 2. The molecule has 10 heteroatoms. The predicted octanol–water partition coefficient (Wildman–Crippen LogP) is 2.41. The van der Waals surface area contributed by atoms with E-state index >= 15 is 0 Å². The minimum Gasteiger partial charge on any atom is -0.507 e. The number of anilines is 1. The highest BCUT2D eigenvalue weighted by molar-refractivity contribution is 6.30. The molecule has 0 saturated heterocycles. The van der Waals surface area contributed by atoms with Crippen LogP contribution in [0.2, 0.25) is 5.02 Å². The van der Waals surface area contributed by atoms with Gasteiger partial charge in [0.2, 0.25) is 5.91 Å². The molecule has 9 nitrogen and oxygen atoms in total. The number of carbonyl (C=O) groups excluding carboxylic acids is 2. The van der Waals surface area contributed by atoms with Crippen molar-refractivity contribution in [2.75, 3.05) is 5.32 Å². The van der Waals surface area contributed by atoms with Crippen molar-refractivity contribution in [2.24, 2.45) is 5.10 Å². The van der Waals surface area contributed by atoms with Crippen LogP contribution in [-0.2, 0) is 16.1 Å². The second-order valence-corrected chi connectivity index (χ2v) is 6.50. The molecule has 0 aliphatic carbocycles. The summed E-state index contributed by atoms with van der Waals surface area (Å²) < 4.78 is 1.36. The van der Waals surface area contributed by atoms with Crippen LogP contribution in [0.5, 0.6) is 5.75 Å². The third kappa shape index (κ3) is 5.63. The molecule has 0 unspecified atom stereocenters. The lowest BCUT2D eigenvalue weighted by atomic mass is 10.1. The molecule has 3 rings (SSSR count). The number of rotatable bonds is 6. The fraction of sp³-hybridized carbons (Fsp3) is 0.105. The molecular weight excluding hydrogens is 396 g/mol. The molecular formula is C19H17ClN6O3. The molecule has 0 aliphatic rings. The van der Waals surface area contributed by atoms with Crippen LogP contribution in [0.25, 0.3) is 11.3 Å². The first kappa shape index (κ1) is 20.0. The van der Waals surface area contributed by atoms with Gasteiger partial charge >= 0.3 is 0 Å². The Balaban J connectivity index is 1.61. The van der Waals surface area contributed by atoms with E-state index in [4.69, 9.17) is 11.6 Å². The maximum absolute atomic E-state index is 12.0. The van der Waals surface area contributed by atoms with Crippen LogP contribution in [-0.4, -0.2) is 38.1 Å². The summed E-state index contributed by atoms with van der Waals surface area (Å²) in [6.07, 6.45) is 2.90. The average Bonchev–Trinajstić information content (AvgIpc) is 3.12. The van der Waals surface area contributed by atoms with Gasteiger partial charge in [-0.05, 0) is 30.3 Å². The molecule has 3 N–H and O–H groups in total. The summed E-state index contributed by atoms with van der Waals surface area (Å²) in [5.74, 6) is -0.602. The van der Waals surface area contributed by atoms with Crippen LogP contribution in [0.4, 0.5) is 5.69 Å². The van der Waals surface area contributed by atoms with Crippen LogP contribution in [0.1, 0.15) is 12.5 Å². The minimum absolute atomic E-state index is 0.00481. The van der Waals surface area contributed by atoms with Gasteiger partial charge in [0, 0.05) is 28.8 Å². The van der Waals surface area contributed by atoms with Gasteiger partial charge in [0.1, 0.15) is 18.0 Å². The number of phenolic OH excluding ortho intramolecular Hbond substituents is 1. The van der Waals surface area contributed by atoms with Gasteiger partial charge in [0.15, 0.2) is 0 Å². The van der Waals surface area contributed by atoms with Crippen molar-refractivity contribution in [3.63, 3.8) is 0 Å². The summed E-state index contributed by atoms with van der Waals surface area (Å²) in [4.78, 5) is 23.2. The van der Waals surface area contributed by atoms with Gasteiger partial charge in [-0.1, -0.05) is 28.9 Å². The normalized spacial score (nSPS) is 10.8. The Bertz CT molecular complexity index is 1080. The fourth-order valence-corrected chi connectivity index (χ4v) is 2.63. The molecule has 1 aromatic heterocycles. The first-order valence-corrected chi connectivity index (χ1v) is 8.87. The standard InChI is InChI=1S/C19H17ClN6O3/c1-12(27)22-16-4-2-3-13(8-16)17-10-26(25-23-17)11-19(29)24-21-9-14-7-15(20)5-6-18(14)28/h2-10,28H,11H2,1H3,(H,22,27)(H,24,29). The quantitative estimate of drug-likeness (QED) is 0.424. The first-order valence-electron chi connectivity index (χ1n) is 8.49. The summed E-state index contributed by atoms with van der Waals surface area (Å²) in [6.45, 7) is 1.33. The first-order chi connectivity index (χ1) is 13.9. The van der Waals surface area contributed by atoms with Gasteiger partial charge in [-0.25, -0.2) is 10.1 Å². The highest BCUT2D eigenvalue weighted by atomic mass is 35.5. The van der Waals surface area contributed by atoms with Gasteiger partial charge in [0.05, 0.1) is 12.4 Å². The Kier molecular flexibility index (Phi) is 6.20. The number of aromatic nitrogens is 3. The third-order valence-electron chi connectivity index (χ3n) is 3.71. The molecule has 29 heavy (non-hydrogen) atoms. The topological polar surface area (TPSA) is 122 Å². The molecule has 0 aliphatic heterocycles. The maximum Gasteiger partial charge on any atom is 0.261 e. The summed E-state index contributed by atoms with van der Waals surface area (Å²) >= 11 is 5.85. The van der Waals surface area contributed by atoms with Gasteiger partial charge < -0.3 is 10.4 Å². The van der Waals surface area contributed by atoms with Gasteiger partial charge in [-0.2, -0.15) is 5.10 Å². The zero-order valence-corrected chi connectivity index (χ0v) is 16.1. The SMILES string of the molecule is CC(=O)Nc1cccc(-c2cn(CC(=O)NN=Cc3cc(Cl)ccc3O)nn2)c1. The summed E-state index contributed by atoms with van der Waals surface area (Å²) in [5.41, 5.74) is 4.66. The Labute approximate surface area is 171 Å². The Morgan fingerprint density at radius 1 is 1.28 bits per heavy atom. The van der Waals surface area contributed by atoms with E-state index < -0.39 is 5.91 Å². The molecule has 0 bridgehead atoms. The van der Waals surface area contributed by atoms with Crippen molar-refractivity contribution in [3.05, 3.63) is 59.2 Å². The number of amides is 2. The molecule has 0 saturated carbocycles. The van der Waals surface area contributed by atoms with Crippen molar-refractivity contribution in [1.29, 1.82) is 0 Å². The Hall–Kier alpha value is -3.72. The number of benzene rings is 2. The van der Waals surface area contributed by atoms with Crippen molar-refractivity contribution in [2.45, 2.75) is 13.5 Å². The number of hydrazone groups is 1. The molecule has 0 fully saturated rings. The average molecular weight is 413 g/mol. The smallest absolute Gasteiger partial charge is 0.261 e. The number of hydrogen-bond donors (Lipinski definition) is 3. The maximum atomic E-state index is 12.0. The molecule has 3 aromatic rings. The predicted molar refractivity (Wildman–Crippen MR) is 109 cm³/mol. The van der Waals surface area contributed by atoms with E-state index in [0.29, 0.717) is 22.0 Å². The Morgan fingerprint density at radius 2 is 2.10 bits per heavy atom. The van der Waals surface area contributed by atoms with Gasteiger partial charge in [-0.3, -0.25) is 9.59 Å². The summed E-state index contributed by atoms with van der Waals surface area (Å²) in [7, 11) is 0. The van der Waals surface area contributed by atoms with Crippen LogP contribution in [0.15, 0.2) is 53.8 Å². The summed E-state index contributed by atoms with van der Waals surface area (Å²) in [6, 6.07) is 11.6. The molecule has 0 radical (unpaired) electrons. The molecule has 148 valence electrons. The molecule has 1 heterocycles.